The first-order valence-corrected chi connectivity index (χ1v) is 5.67. The summed E-state index contributed by atoms with van der Waals surface area (Å²) >= 11 is 3.15. The van der Waals surface area contributed by atoms with Crippen molar-refractivity contribution in [1.29, 1.82) is 0 Å². The van der Waals surface area contributed by atoms with Gasteiger partial charge in [0.2, 0.25) is 11.8 Å². The topological polar surface area (TPSA) is 46.2 Å². The SMILES string of the molecule is Cc1ccc(F)cc1C1C(=O)NC(=O)C1Br. The van der Waals surface area contributed by atoms with E-state index in [1.807, 2.05) is 0 Å². The molecule has 0 aliphatic carbocycles. The molecule has 1 fully saturated rings. The van der Waals surface area contributed by atoms with Gasteiger partial charge in [-0.3, -0.25) is 14.9 Å². The van der Waals surface area contributed by atoms with Crippen molar-refractivity contribution in [3.05, 3.63) is 35.1 Å². The van der Waals surface area contributed by atoms with Crippen LogP contribution in [0.1, 0.15) is 17.0 Å². The van der Waals surface area contributed by atoms with E-state index in [-0.39, 0.29) is 11.8 Å². The molecule has 0 bridgehead atoms. The lowest BCUT2D eigenvalue weighted by molar-refractivity contribution is -0.125. The highest BCUT2D eigenvalue weighted by atomic mass is 79.9. The maximum absolute atomic E-state index is 13.1. The Bertz CT molecular complexity index is 475. The molecule has 3 nitrogen and oxygen atoms in total. The lowest BCUT2D eigenvalue weighted by Gasteiger charge is -2.13. The quantitative estimate of drug-likeness (QED) is 0.630. The molecule has 1 aliphatic heterocycles. The van der Waals surface area contributed by atoms with E-state index < -0.39 is 16.6 Å². The van der Waals surface area contributed by atoms with Crippen LogP contribution >= 0.6 is 15.9 Å². The molecule has 1 saturated heterocycles. The second-order valence-corrected chi connectivity index (χ2v) is 4.72. The third-order valence-electron chi connectivity index (χ3n) is 2.65. The molecule has 1 N–H and O–H groups in total. The number of alkyl halides is 1. The van der Waals surface area contributed by atoms with E-state index in [0.29, 0.717) is 5.56 Å². The molecule has 1 aromatic rings. The number of nitrogens with one attached hydrogen (secondary N) is 1. The standard InChI is InChI=1S/C11H9BrFNO2/c1-5-2-3-6(13)4-7(5)8-9(12)11(16)14-10(8)15/h2-4,8-9H,1H3,(H,14,15,16). The Morgan fingerprint density at radius 1 is 1.31 bits per heavy atom. The molecular weight excluding hydrogens is 277 g/mol. The van der Waals surface area contributed by atoms with E-state index >= 15 is 0 Å². The van der Waals surface area contributed by atoms with E-state index in [0.717, 1.165) is 5.56 Å². The van der Waals surface area contributed by atoms with Crippen LogP contribution in [0.3, 0.4) is 0 Å². The Morgan fingerprint density at radius 3 is 2.56 bits per heavy atom. The number of carbonyl (C=O) groups is 2. The first kappa shape index (κ1) is 11.3. The Labute approximate surface area is 100 Å². The number of hydrogen-bond donors (Lipinski definition) is 1. The summed E-state index contributed by atoms with van der Waals surface area (Å²) in [5.74, 6) is -1.82. The zero-order chi connectivity index (χ0) is 11.9. The number of amides is 2. The number of imide groups is 1. The Balaban J connectivity index is 2.48. The van der Waals surface area contributed by atoms with E-state index in [1.54, 1.807) is 13.0 Å². The molecule has 0 aromatic heterocycles. The van der Waals surface area contributed by atoms with Crippen molar-refractivity contribution in [3.63, 3.8) is 0 Å². The maximum atomic E-state index is 13.1. The van der Waals surface area contributed by atoms with Gasteiger partial charge in [-0.25, -0.2) is 4.39 Å². The molecule has 2 amide bonds. The van der Waals surface area contributed by atoms with E-state index in [2.05, 4.69) is 21.2 Å². The van der Waals surface area contributed by atoms with Crippen LogP contribution < -0.4 is 5.32 Å². The van der Waals surface area contributed by atoms with Gasteiger partial charge in [0.1, 0.15) is 10.6 Å². The van der Waals surface area contributed by atoms with Crippen molar-refractivity contribution in [2.24, 2.45) is 0 Å². The van der Waals surface area contributed by atoms with Crippen molar-refractivity contribution in [1.82, 2.24) is 5.32 Å². The van der Waals surface area contributed by atoms with Gasteiger partial charge in [-0.1, -0.05) is 22.0 Å². The fraction of sp³-hybridized carbons (Fsp3) is 0.273. The van der Waals surface area contributed by atoms with Crippen molar-refractivity contribution in [2.45, 2.75) is 17.7 Å². The first-order chi connectivity index (χ1) is 7.50. The molecule has 0 saturated carbocycles. The van der Waals surface area contributed by atoms with Crippen LogP contribution in [0.2, 0.25) is 0 Å². The largest absolute Gasteiger partial charge is 0.295 e. The molecule has 16 heavy (non-hydrogen) atoms. The summed E-state index contributed by atoms with van der Waals surface area (Å²) in [6.45, 7) is 1.78. The van der Waals surface area contributed by atoms with Gasteiger partial charge >= 0.3 is 0 Å². The minimum atomic E-state index is -0.650. The molecule has 1 aliphatic rings. The summed E-state index contributed by atoms with van der Waals surface area (Å²) in [5.41, 5.74) is 1.34. The van der Waals surface area contributed by atoms with Crippen LogP contribution in [-0.4, -0.2) is 16.6 Å². The molecule has 2 unspecified atom stereocenters. The smallest absolute Gasteiger partial charge is 0.241 e. The van der Waals surface area contributed by atoms with Gasteiger partial charge in [-0.2, -0.15) is 0 Å². The fourth-order valence-electron chi connectivity index (χ4n) is 1.80. The third-order valence-corrected chi connectivity index (χ3v) is 3.59. The summed E-state index contributed by atoms with van der Waals surface area (Å²) in [6, 6.07) is 4.23. The molecule has 1 aromatic carbocycles. The Kier molecular flexibility index (Phi) is 2.80. The van der Waals surface area contributed by atoms with Crippen LogP contribution in [0.25, 0.3) is 0 Å². The minimum Gasteiger partial charge on any atom is -0.295 e. The predicted octanol–water partition coefficient (Wildman–Crippen LogP) is 1.64. The van der Waals surface area contributed by atoms with Crippen molar-refractivity contribution in [3.8, 4) is 0 Å². The fourth-order valence-corrected chi connectivity index (χ4v) is 2.44. The van der Waals surface area contributed by atoms with Gasteiger partial charge in [0, 0.05) is 0 Å². The number of aryl methyl sites for hydroxylation is 1. The van der Waals surface area contributed by atoms with E-state index in [9.17, 15) is 14.0 Å². The molecule has 0 radical (unpaired) electrons. The van der Waals surface area contributed by atoms with Crippen molar-refractivity contribution < 1.29 is 14.0 Å². The number of rotatable bonds is 1. The summed E-state index contributed by atoms with van der Waals surface area (Å²) < 4.78 is 13.1. The molecule has 1 heterocycles. The van der Waals surface area contributed by atoms with E-state index in [1.165, 1.54) is 12.1 Å². The number of halogens is 2. The van der Waals surface area contributed by atoms with Gasteiger partial charge in [0.05, 0.1) is 5.92 Å². The summed E-state index contributed by atoms with van der Waals surface area (Å²) in [4.78, 5) is 22.2. The van der Waals surface area contributed by atoms with Crippen LogP contribution in [-0.2, 0) is 9.59 Å². The highest BCUT2D eigenvalue weighted by Gasteiger charge is 2.41. The Hall–Kier alpha value is -1.23. The summed E-state index contributed by atoms with van der Waals surface area (Å²) in [6.07, 6.45) is 0. The highest BCUT2D eigenvalue weighted by molar-refractivity contribution is 9.10. The average molecular weight is 286 g/mol. The lowest BCUT2D eigenvalue weighted by atomic mass is 9.93. The number of carbonyl (C=O) groups excluding carboxylic acids is 2. The molecular formula is C11H9BrFNO2. The minimum absolute atomic E-state index is 0.376. The molecule has 0 spiro atoms. The summed E-state index contributed by atoms with van der Waals surface area (Å²) in [7, 11) is 0. The Morgan fingerprint density at radius 2 is 2.00 bits per heavy atom. The van der Waals surface area contributed by atoms with Gasteiger partial charge in [0.25, 0.3) is 0 Å². The molecule has 2 atom stereocenters. The van der Waals surface area contributed by atoms with Crippen LogP contribution in [0.5, 0.6) is 0 Å². The summed E-state index contributed by atoms with van der Waals surface area (Å²) in [5, 5.41) is 2.21. The monoisotopic (exact) mass is 285 g/mol. The normalized spacial score (nSPS) is 24.7. The zero-order valence-electron chi connectivity index (χ0n) is 8.46. The molecule has 84 valence electrons. The predicted molar refractivity (Wildman–Crippen MR) is 59.7 cm³/mol. The average Bonchev–Trinajstić information content (AvgIpc) is 2.46. The second kappa shape index (κ2) is 3.97. The molecule has 2 rings (SSSR count). The van der Waals surface area contributed by atoms with Crippen LogP contribution in [0, 0.1) is 12.7 Å². The first-order valence-electron chi connectivity index (χ1n) is 4.75. The number of benzene rings is 1. The van der Waals surface area contributed by atoms with Gasteiger partial charge < -0.3 is 0 Å². The highest BCUT2D eigenvalue weighted by Crippen LogP contribution is 2.32. The van der Waals surface area contributed by atoms with Crippen LogP contribution in [0.15, 0.2) is 18.2 Å². The van der Waals surface area contributed by atoms with Gasteiger partial charge in [0.15, 0.2) is 0 Å². The van der Waals surface area contributed by atoms with Crippen molar-refractivity contribution in [2.75, 3.05) is 0 Å². The molecule has 5 heteroatoms. The van der Waals surface area contributed by atoms with Crippen LogP contribution in [0.4, 0.5) is 4.39 Å². The van der Waals surface area contributed by atoms with Crippen molar-refractivity contribution >= 4 is 27.7 Å². The maximum Gasteiger partial charge on any atom is 0.241 e. The lowest BCUT2D eigenvalue weighted by Crippen LogP contribution is -2.22. The number of hydrogen-bond acceptors (Lipinski definition) is 2. The van der Waals surface area contributed by atoms with E-state index in [4.69, 9.17) is 0 Å². The zero-order valence-corrected chi connectivity index (χ0v) is 10.0. The second-order valence-electron chi connectivity index (χ2n) is 3.73. The van der Waals surface area contributed by atoms with Gasteiger partial charge in [-0.15, -0.1) is 0 Å². The van der Waals surface area contributed by atoms with Gasteiger partial charge in [-0.05, 0) is 30.2 Å². The third kappa shape index (κ3) is 1.75.